The summed E-state index contributed by atoms with van der Waals surface area (Å²) >= 11 is 0. The van der Waals surface area contributed by atoms with E-state index in [0.29, 0.717) is 0 Å². The molecule has 1 atom stereocenters. The van der Waals surface area contributed by atoms with Gasteiger partial charge in [0.05, 0.1) is 16.7 Å². The Kier molecular flexibility index (Phi) is 5.28. The topological polar surface area (TPSA) is 77.9 Å². The van der Waals surface area contributed by atoms with E-state index in [2.05, 4.69) is 0 Å². The molecule has 1 aromatic rings. The molecule has 164 valence electrons. The number of hydrogen-bond acceptors (Lipinski definition) is 3. The summed E-state index contributed by atoms with van der Waals surface area (Å²) in [7, 11) is 0. The van der Waals surface area contributed by atoms with Crippen LogP contribution in [0.25, 0.3) is 0 Å². The molecule has 2 amide bonds. The molecule has 1 fully saturated rings. The Morgan fingerprint density at radius 2 is 1.90 bits per heavy atom. The quantitative estimate of drug-likeness (QED) is 0.723. The van der Waals surface area contributed by atoms with Gasteiger partial charge in [-0.05, 0) is 32.8 Å². The third-order valence-corrected chi connectivity index (χ3v) is 5.51. The Hall–Kier alpha value is -2.72. The van der Waals surface area contributed by atoms with Crippen LogP contribution in [0.15, 0.2) is 6.07 Å². The minimum Gasteiger partial charge on any atom is -0.481 e. The molecule has 11 heteroatoms. The van der Waals surface area contributed by atoms with Gasteiger partial charge in [-0.2, -0.15) is 13.2 Å². The minimum atomic E-state index is -5.16. The number of halogens is 5. The monoisotopic (exact) mass is 434 g/mol. The zero-order valence-electron chi connectivity index (χ0n) is 16.1. The molecule has 0 saturated carbocycles. The van der Waals surface area contributed by atoms with E-state index < -0.39 is 63.9 Å². The SMILES string of the molecule is CC1(C)C(=O)N([C@@H]2CCN(CCCC(=O)O)C2=O)c2c(F)cc(C(F)(F)F)c(F)c21. The summed E-state index contributed by atoms with van der Waals surface area (Å²) in [6, 6.07) is -1.20. The van der Waals surface area contributed by atoms with Gasteiger partial charge in [0.1, 0.15) is 17.7 Å². The Balaban J connectivity index is 2.00. The molecule has 0 aromatic heterocycles. The first-order chi connectivity index (χ1) is 13.8. The van der Waals surface area contributed by atoms with E-state index in [0.717, 1.165) is 4.90 Å². The van der Waals surface area contributed by atoms with E-state index in [1.807, 2.05) is 0 Å². The van der Waals surface area contributed by atoms with Crippen LogP contribution in [0, 0.1) is 11.6 Å². The first-order valence-corrected chi connectivity index (χ1v) is 9.22. The van der Waals surface area contributed by atoms with E-state index in [4.69, 9.17) is 5.11 Å². The van der Waals surface area contributed by atoms with Crippen LogP contribution in [-0.2, 0) is 26.0 Å². The molecule has 1 saturated heterocycles. The van der Waals surface area contributed by atoms with Crippen molar-refractivity contribution >= 4 is 23.5 Å². The number of carbonyl (C=O) groups excluding carboxylic acids is 2. The average molecular weight is 434 g/mol. The highest BCUT2D eigenvalue weighted by atomic mass is 19.4. The highest BCUT2D eigenvalue weighted by molar-refractivity contribution is 6.12. The molecule has 30 heavy (non-hydrogen) atoms. The third kappa shape index (κ3) is 3.39. The van der Waals surface area contributed by atoms with Crippen LogP contribution in [0.5, 0.6) is 0 Å². The molecule has 2 aliphatic heterocycles. The normalized spacial score (nSPS) is 20.8. The fourth-order valence-electron chi connectivity index (χ4n) is 4.04. The number of nitrogens with zero attached hydrogens (tertiary/aromatic N) is 2. The van der Waals surface area contributed by atoms with Gasteiger partial charge in [-0.25, -0.2) is 8.78 Å². The van der Waals surface area contributed by atoms with Gasteiger partial charge < -0.3 is 10.0 Å². The molecule has 0 bridgehead atoms. The fraction of sp³-hybridized carbons (Fsp3) is 0.526. The molecule has 0 unspecified atom stereocenters. The van der Waals surface area contributed by atoms with Crippen LogP contribution in [0.1, 0.15) is 44.2 Å². The number of carboxylic acids is 1. The zero-order valence-corrected chi connectivity index (χ0v) is 16.1. The largest absolute Gasteiger partial charge is 0.481 e. The van der Waals surface area contributed by atoms with E-state index in [1.165, 1.54) is 18.7 Å². The first kappa shape index (κ1) is 22.0. The van der Waals surface area contributed by atoms with Crippen molar-refractivity contribution in [2.75, 3.05) is 18.0 Å². The number of anilines is 1. The van der Waals surface area contributed by atoms with E-state index in [9.17, 15) is 36.3 Å². The van der Waals surface area contributed by atoms with Gasteiger partial charge in [0.2, 0.25) is 11.8 Å². The van der Waals surface area contributed by atoms with Gasteiger partial charge in [0.25, 0.3) is 0 Å². The molecule has 3 rings (SSSR count). The Morgan fingerprint density at radius 3 is 2.47 bits per heavy atom. The van der Waals surface area contributed by atoms with Crippen LogP contribution in [0.4, 0.5) is 27.6 Å². The molecule has 0 aliphatic carbocycles. The molecule has 2 aliphatic rings. The number of alkyl halides is 3. The predicted molar refractivity (Wildman–Crippen MR) is 93.7 cm³/mol. The molecule has 6 nitrogen and oxygen atoms in total. The van der Waals surface area contributed by atoms with Crippen LogP contribution < -0.4 is 4.90 Å². The minimum absolute atomic E-state index is 0.0000966. The maximum absolute atomic E-state index is 14.8. The van der Waals surface area contributed by atoms with Crippen molar-refractivity contribution in [1.82, 2.24) is 4.90 Å². The van der Waals surface area contributed by atoms with Crippen molar-refractivity contribution in [3.63, 3.8) is 0 Å². The highest BCUT2D eigenvalue weighted by Gasteiger charge is 2.54. The Morgan fingerprint density at radius 1 is 1.27 bits per heavy atom. The van der Waals surface area contributed by atoms with Crippen LogP contribution in [-0.4, -0.2) is 46.9 Å². The van der Waals surface area contributed by atoms with Crippen molar-refractivity contribution < 1.29 is 41.4 Å². The third-order valence-electron chi connectivity index (χ3n) is 5.51. The Labute approximate surface area is 168 Å². The number of fused-ring (bicyclic) bond motifs is 1. The number of hydrogen-bond donors (Lipinski definition) is 1. The lowest BCUT2D eigenvalue weighted by Crippen LogP contribution is -2.47. The van der Waals surface area contributed by atoms with E-state index in [1.54, 1.807) is 0 Å². The lowest BCUT2D eigenvalue weighted by Gasteiger charge is -2.26. The molecular weight excluding hydrogens is 415 g/mol. The maximum atomic E-state index is 14.8. The summed E-state index contributed by atoms with van der Waals surface area (Å²) in [6.45, 7) is 2.62. The summed E-state index contributed by atoms with van der Waals surface area (Å²) in [6.07, 6.45) is -5.10. The first-order valence-electron chi connectivity index (χ1n) is 9.22. The number of aliphatic carboxylic acids is 1. The molecule has 0 radical (unpaired) electrons. The zero-order chi connectivity index (χ0) is 22.6. The molecule has 1 N–H and O–H groups in total. The van der Waals surface area contributed by atoms with Gasteiger partial charge in [0.15, 0.2) is 0 Å². The van der Waals surface area contributed by atoms with Crippen molar-refractivity contribution in [2.24, 2.45) is 0 Å². The van der Waals surface area contributed by atoms with Crippen LogP contribution >= 0.6 is 0 Å². The fourth-order valence-corrected chi connectivity index (χ4v) is 4.04. The number of benzene rings is 1. The van der Waals surface area contributed by atoms with Crippen LogP contribution in [0.2, 0.25) is 0 Å². The van der Waals surface area contributed by atoms with Gasteiger partial charge in [-0.15, -0.1) is 0 Å². The van der Waals surface area contributed by atoms with Gasteiger partial charge in [0, 0.05) is 25.1 Å². The summed E-state index contributed by atoms with van der Waals surface area (Å²) < 4.78 is 68.9. The van der Waals surface area contributed by atoms with Gasteiger partial charge in [-0.1, -0.05) is 0 Å². The summed E-state index contributed by atoms with van der Waals surface area (Å²) in [5, 5.41) is 8.70. The van der Waals surface area contributed by atoms with Gasteiger partial charge >= 0.3 is 12.1 Å². The standard InChI is InChI=1S/C19H19F5N2O4/c1-18(2)13-14(21)9(19(22,23)24)8-10(20)15(13)26(17(18)30)11-5-7-25(16(11)29)6-3-4-12(27)28/h8,11H,3-7H2,1-2H3,(H,27,28)/t11-/m1/s1. The summed E-state index contributed by atoms with van der Waals surface area (Å²) in [4.78, 5) is 38.4. The second-order valence-corrected chi connectivity index (χ2v) is 7.87. The molecular formula is C19H19F5N2O4. The van der Waals surface area contributed by atoms with Crippen molar-refractivity contribution in [1.29, 1.82) is 0 Å². The molecule has 0 spiro atoms. The van der Waals surface area contributed by atoms with Gasteiger partial charge in [-0.3, -0.25) is 19.3 Å². The predicted octanol–water partition coefficient (Wildman–Crippen LogP) is 3.07. The van der Waals surface area contributed by atoms with Crippen molar-refractivity contribution in [3.05, 3.63) is 28.8 Å². The number of amides is 2. The Bertz CT molecular complexity index is 928. The van der Waals surface area contributed by atoms with E-state index >= 15 is 0 Å². The maximum Gasteiger partial charge on any atom is 0.419 e. The number of carbonyl (C=O) groups is 3. The smallest absolute Gasteiger partial charge is 0.419 e. The number of rotatable bonds is 5. The number of carboxylic acid groups (broad SMARTS) is 1. The summed E-state index contributed by atoms with van der Waals surface area (Å²) in [5.41, 5.74) is -4.99. The van der Waals surface area contributed by atoms with Crippen molar-refractivity contribution in [2.45, 2.75) is 50.7 Å². The second-order valence-electron chi connectivity index (χ2n) is 7.87. The number of likely N-dealkylation sites (tertiary alicyclic amines) is 1. The molecule has 2 heterocycles. The highest BCUT2D eigenvalue weighted by Crippen LogP contribution is 2.49. The molecule has 1 aromatic carbocycles. The summed E-state index contributed by atoms with van der Waals surface area (Å²) in [5.74, 6) is -5.67. The van der Waals surface area contributed by atoms with Crippen LogP contribution in [0.3, 0.4) is 0 Å². The van der Waals surface area contributed by atoms with Crippen molar-refractivity contribution in [3.8, 4) is 0 Å². The lowest BCUT2D eigenvalue weighted by atomic mass is 9.84. The average Bonchev–Trinajstić information content (AvgIpc) is 3.06. The van der Waals surface area contributed by atoms with E-state index in [-0.39, 0.29) is 38.4 Å². The lowest BCUT2D eigenvalue weighted by molar-refractivity contribution is -0.140. The second kappa shape index (κ2) is 7.21.